The van der Waals surface area contributed by atoms with Gasteiger partial charge in [0.05, 0.1) is 6.61 Å². The topological polar surface area (TPSA) is 64.4 Å². The predicted molar refractivity (Wildman–Crippen MR) is 82.6 cm³/mol. The third kappa shape index (κ3) is 4.58. The molecule has 1 heterocycles. The van der Waals surface area contributed by atoms with Crippen LogP contribution in [0.3, 0.4) is 0 Å². The fourth-order valence-corrected chi connectivity index (χ4v) is 2.04. The van der Waals surface area contributed by atoms with Crippen LogP contribution in [-0.2, 0) is 15.1 Å². The van der Waals surface area contributed by atoms with E-state index in [0.29, 0.717) is 19.0 Å². The van der Waals surface area contributed by atoms with Gasteiger partial charge in [-0.25, -0.2) is 4.98 Å². The molecule has 0 aromatic carbocycles. The van der Waals surface area contributed by atoms with Gasteiger partial charge in [-0.3, -0.25) is 9.59 Å². The summed E-state index contributed by atoms with van der Waals surface area (Å²) in [6, 6.07) is 0. The summed E-state index contributed by atoms with van der Waals surface area (Å²) < 4.78 is 6.59. The van der Waals surface area contributed by atoms with E-state index in [4.69, 9.17) is 4.74 Å². The van der Waals surface area contributed by atoms with Crippen LogP contribution in [0, 0.1) is 0 Å². The second-order valence-corrected chi connectivity index (χ2v) is 5.82. The monoisotopic (exact) mass is 295 g/mol. The van der Waals surface area contributed by atoms with Gasteiger partial charge in [-0.1, -0.05) is 6.92 Å². The number of hydrogen-bond acceptors (Lipinski definition) is 5. The van der Waals surface area contributed by atoms with E-state index in [1.807, 2.05) is 27.7 Å². The minimum absolute atomic E-state index is 0.0398. The third-order valence-electron chi connectivity index (χ3n) is 2.96. The first-order valence-electron chi connectivity index (χ1n) is 7.30. The lowest BCUT2D eigenvalue weighted by Crippen LogP contribution is -2.41. The van der Waals surface area contributed by atoms with E-state index in [9.17, 15) is 9.59 Å². The van der Waals surface area contributed by atoms with Crippen LogP contribution in [-0.4, -0.2) is 35.2 Å². The molecule has 0 aliphatic carbocycles. The van der Waals surface area contributed by atoms with E-state index < -0.39 is 0 Å². The van der Waals surface area contributed by atoms with E-state index in [1.54, 1.807) is 28.8 Å². The molecule has 0 fully saturated rings. The minimum Gasteiger partial charge on any atom is -0.465 e. The summed E-state index contributed by atoms with van der Waals surface area (Å²) in [5, 5.41) is 0. The molecule has 0 aliphatic rings. The van der Waals surface area contributed by atoms with Crippen LogP contribution in [0.5, 0.6) is 0 Å². The van der Waals surface area contributed by atoms with Crippen LogP contribution in [0.2, 0.25) is 0 Å². The second-order valence-electron chi connectivity index (χ2n) is 5.82. The summed E-state index contributed by atoms with van der Waals surface area (Å²) >= 11 is 0. The molecule has 1 aromatic heterocycles. The average Bonchev–Trinajstić information content (AvgIpc) is 2.37. The van der Waals surface area contributed by atoms with Crippen LogP contribution in [0.4, 0.5) is 5.82 Å². The second kappa shape index (κ2) is 7.24. The zero-order chi connectivity index (χ0) is 16.0. The number of hydrogen-bond donors (Lipinski definition) is 0. The van der Waals surface area contributed by atoms with Crippen molar-refractivity contribution in [2.75, 3.05) is 24.6 Å². The lowest BCUT2D eigenvalue weighted by Gasteiger charge is -2.26. The molecule has 0 radical (unpaired) electrons. The molecular weight excluding hydrogens is 270 g/mol. The van der Waals surface area contributed by atoms with E-state index in [0.717, 1.165) is 6.42 Å². The maximum Gasteiger partial charge on any atom is 0.325 e. The average molecular weight is 295 g/mol. The first-order chi connectivity index (χ1) is 9.81. The molecule has 1 rings (SSSR count). The molecule has 0 atom stereocenters. The normalized spacial score (nSPS) is 11.3. The maximum absolute atomic E-state index is 12.6. The van der Waals surface area contributed by atoms with Crippen molar-refractivity contribution in [3.8, 4) is 0 Å². The predicted octanol–water partition coefficient (Wildman–Crippen LogP) is 1.78. The summed E-state index contributed by atoms with van der Waals surface area (Å²) in [6.07, 6.45) is 4.07. The Bertz CT molecular complexity index is 532. The molecule has 6 heteroatoms. The Morgan fingerprint density at radius 1 is 1.38 bits per heavy atom. The molecule has 0 saturated carbocycles. The molecular formula is C15H25N3O3. The molecule has 1 aromatic rings. The molecule has 21 heavy (non-hydrogen) atoms. The Labute approximate surface area is 125 Å². The number of carbonyl (C=O) groups is 1. The van der Waals surface area contributed by atoms with Gasteiger partial charge in [-0.2, -0.15) is 0 Å². The van der Waals surface area contributed by atoms with Crippen molar-refractivity contribution in [2.24, 2.45) is 0 Å². The molecule has 0 saturated heterocycles. The molecule has 0 aliphatic heterocycles. The zero-order valence-corrected chi connectivity index (χ0v) is 13.5. The van der Waals surface area contributed by atoms with Crippen molar-refractivity contribution in [2.45, 2.75) is 46.6 Å². The van der Waals surface area contributed by atoms with Gasteiger partial charge >= 0.3 is 5.97 Å². The van der Waals surface area contributed by atoms with Gasteiger partial charge in [0.1, 0.15) is 6.54 Å². The first-order valence-corrected chi connectivity index (χ1v) is 7.30. The molecule has 0 bridgehead atoms. The quantitative estimate of drug-likeness (QED) is 0.748. The van der Waals surface area contributed by atoms with Crippen molar-refractivity contribution in [1.29, 1.82) is 0 Å². The molecule has 118 valence electrons. The molecule has 0 N–H and O–H groups in total. The lowest BCUT2D eigenvalue weighted by atomic mass is 10.1. The van der Waals surface area contributed by atoms with E-state index in [-0.39, 0.29) is 23.6 Å². The smallest absolute Gasteiger partial charge is 0.325 e. The molecule has 0 unspecified atom stereocenters. The van der Waals surface area contributed by atoms with Gasteiger partial charge in [-0.05, 0) is 34.1 Å². The van der Waals surface area contributed by atoms with E-state index >= 15 is 0 Å². The SMILES string of the molecule is CCCN(CC(=O)OCC)c1nccn(C(C)(C)C)c1=O. The largest absolute Gasteiger partial charge is 0.465 e. The lowest BCUT2D eigenvalue weighted by molar-refractivity contribution is -0.141. The Morgan fingerprint density at radius 3 is 2.57 bits per heavy atom. The van der Waals surface area contributed by atoms with E-state index in [1.165, 1.54) is 0 Å². The summed E-state index contributed by atoms with van der Waals surface area (Å²) in [7, 11) is 0. The number of nitrogens with zero attached hydrogens (tertiary/aromatic N) is 3. The van der Waals surface area contributed by atoms with Crippen molar-refractivity contribution in [1.82, 2.24) is 9.55 Å². The van der Waals surface area contributed by atoms with Crippen LogP contribution >= 0.6 is 0 Å². The standard InChI is InChI=1S/C15H25N3O3/c1-6-9-17(11-12(19)21-7-2)13-14(20)18(10-8-16-13)15(3,4)5/h8,10H,6-7,9,11H2,1-5H3. The number of carbonyl (C=O) groups excluding carboxylic acids is 1. The van der Waals surface area contributed by atoms with Crippen molar-refractivity contribution in [3.05, 3.63) is 22.7 Å². The van der Waals surface area contributed by atoms with Crippen LogP contribution in [0.1, 0.15) is 41.0 Å². The van der Waals surface area contributed by atoms with Gasteiger partial charge in [0.15, 0.2) is 5.82 Å². The molecule has 6 nitrogen and oxygen atoms in total. The van der Waals surface area contributed by atoms with Crippen LogP contribution in [0.15, 0.2) is 17.2 Å². The third-order valence-corrected chi connectivity index (χ3v) is 2.96. The molecule has 0 spiro atoms. The Kier molecular flexibility index (Phi) is 5.93. The summed E-state index contributed by atoms with van der Waals surface area (Å²) in [5.74, 6) is -0.0550. The van der Waals surface area contributed by atoms with Gasteiger partial charge < -0.3 is 14.2 Å². The van der Waals surface area contributed by atoms with Crippen molar-refractivity contribution < 1.29 is 9.53 Å². The number of rotatable bonds is 6. The Morgan fingerprint density at radius 2 is 2.05 bits per heavy atom. The van der Waals surface area contributed by atoms with Gasteiger partial charge in [0.25, 0.3) is 5.56 Å². The first kappa shape index (κ1) is 17.2. The highest BCUT2D eigenvalue weighted by Crippen LogP contribution is 2.12. The van der Waals surface area contributed by atoms with Gasteiger partial charge in [0.2, 0.25) is 0 Å². The summed E-state index contributed by atoms with van der Waals surface area (Å²) in [4.78, 5) is 30.1. The van der Waals surface area contributed by atoms with E-state index in [2.05, 4.69) is 4.98 Å². The highest BCUT2D eigenvalue weighted by Gasteiger charge is 2.21. The Balaban J connectivity index is 3.14. The maximum atomic E-state index is 12.6. The van der Waals surface area contributed by atoms with Crippen LogP contribution in [0.25, 0.3) is 0 Å². The number of anilines is 1. The fourth-order valence-electron chi connectivity index (χ4n) is 2.04. The van der Waals surface area contributed by atoms with Gasteiger partial charge in [-0.15, -0.1) is 0 Å². The number of ether oxygens (including phenoxy) is 1. The van der Waals surface area contributed by atoms with Crippen molar-refractivity contribution >= 4 is 11.8 Å². The Hall–Kier alpha value is -1.85. The van der Waals surface area contributed by atoms with Crippen molar-refractivity contribution in [3.63, 3.8) is 0 Å². The number of aromatic nitrogens is 2. The number of esters is 1. The van der Waals surface area contributed by atoms with Gasteiger partial charge in [0, 0.05) is 24.5 Å². The molecule has 0 amide bonds. The minimum atomic E-state index is -0.349. The van der Waals surface area contributed by atoms with Crippen LogP contribution < -0.4 is 10.5 Å². The summed E-state index contributed by atoms with van der Waals surface area (Å²) in [6.45, 7) is 10.5. The highest BCUT2D eigenvalue weighted by atomic mass is 16.5. The summed E-state index contributed by atoms with van der Waals surface area (Å²) in [5.41, 5.74) is -0.529. The fraction of sp³-hybridized carbons (Fsp3) is 0.667. The zero-order valence-electron chi connectivity index (χ0n) is 13.5. The highest BCUT2D eigenvalue weighted by molar-refractivity contribution is 5.75.